The van der Waals surface area contributed by atoms with Crippen molar-refractivity contribution in [3.63, 3.8) is 0 Å². The van der Waals surface area contributed by atoms with Crippen LogP contribution in [0.5, 0.6) is 5.75 Å². The largest absolute Gasteiger partial charge is 0.490 e. The Morgan fingerprint density at radius 1 is 1.03 bits per heavy atom. The van der Waals surface area contributed by atoms with Gasteiger partial charge < -0.3 is 10.1 Å². The number of amides is 1. The predicted octanol–water partition coefficient (Wildman–Crippen LogP) is 3.59. The van der Waals surface area contributed by atoms with Gasteiger partial charge in [0.2, 0.25) is 15.9 Å². The summed E-state index contributed by atoms with van der Waals surface area (Å²) >= 11 is 0. The van der Waals surface area contributed by atoms with Crippen LogP contribution in [0.25, 0.3) is 0 Å². The van der Waals surface area contributed by atoms with Crippen molar-refractivity contribution in [1.82, 2.24) is 4.72 Å². The first kappa shape index (κ1) is 21.2. The van der Waals surface area contributed by atoms with Crippen LogP contribution in [0, 0.1) is 11.6 Å². The summed E-state index contributed by atoms with van der Waals surface area (Å²) < 4.78 is 60.1. The predicted molar refractivity (Wildman–Crippen MR) is 104 cm³/mol. The molecule has 1 aliphatic carbocycles. The monoisotopic (exact) mass is 424 g/mol. The molecule has 1 saturated carbocycles. The fourth-order valence-corrected chi connectivity index (χ4v) is 4.67. The molecule has 0 bridgehead atoms. The maximum Gasteiger partial charge on any atom is 0.240 e. The average molecular weight is 424 g/mol. The summed E-state index contributed by atoms with van der Waals surface area (Å²) in [4.78, 5) is 11.2. The van der Waals surface area contributed by atoms with Crippen molar-refractivity contribution in [3.05, 3.63) is 54.1 Å². The van der Waals surface area contributed by atoms with Gasteiger partial charge in [0, 0.05) is 36.9 Å². The third kappa shape index (κ3) is 5.98. The van der Waals surface area contributed by atoms with Gasteiger partial charge in [0.25, 0.3) is 0 Å². The van der Waals surface area contributed by atoms with Gasteiger partial charge >= 0.3 is 0 Å². The van der Waals surface area contributed by atoms with E-state index >= 15 is 0 Å². The molecule has 0 unspecified atom stereocenters. The van der Waals surface area contributed by atoms with Crippen LogP contribution < -0.4 is 14.8 Å². The molecule has 2 aromatic rings. The normalized spacial score (nSPS) is 19.6. The molecule has 1 aliphatic rings. The Hall–Kier alpha value is -2.52. The summed E-state index contributed by atoms with van der Waals surface area (Å²) in [6.07, 6.45) is 1.94. The average Bonchev–Trinajstić information content (AvgIpc) is 2.62. The van der Waals surface area contributed by atoms with Crippen LogP contribution in [0.15, 0.2) is 47.4 Å². The van der Waals surface area contributed by atoms with E-state index < -0.39 is 21.7 Å². The van der Waals surface area contributed by atoms with Crippen LogP contribution in [0.4, 0.5) is 14.5 Å². The Morgan fingerprint density at radius 3 is 2.31 bits per heavy atom. The second kappa shape index (κ2) is 8.87. The van der Waals surface area contributed by atoms with E-state index in [9.17, 15) is 22.0 Å². The summed E-state index contributed by atoms with van der Waals surface area (Å²) in [5, 5.41) is 2.56. The van der Waals surface area contributed by atoms with E-state index in [1.54, 1.807) is 12.1 Å². The maximum atomic E-state index is 13.3. The van der Waals surface area contributed by atoms with Crippen molar-refractivity contribution in [2.45, 2.75) is 49.6 Å². The van der Waals surface area contributed by atoms with Gasteiger partial charge in [-0.3, -0.25) is 4.79 Å². The van der Waals surface area contributed by atoms with Crippen LogP contribution in [-0.2, 0) is 14.8 Å². The highest BCUT2D eigenvalue weighted by Crippen LogP contribution is 2.26. The quantitative estimate of drug-likeness (QED) is 0.742. The molecule has 2 N–H and O–H groups in total. The number of hydrogen-bond donors (Lipinski definition) is 2. The molecule has 0 saturated heterocycles. The van der Waals surface area contributed by atoms with E-state index in [4.69, 9.17) is 4.74 Å². The Bertz CT molecular complexity index is 969. The zero-order chi connectivity index (χ0) is 21.0. The van der Waals surface area contributed by atoms with E-state index in [0.29, 0.717) is 31.4 Å². The summed E-state index contributed by atoms with van der Waals surface area (Å²) in [5.41, 5.74) is 0.403. The molecule has 0 radical (unpaired) electrons. The minimum Gasteiger partial charge on any atom is -0.490 e. The molecule has 3 rings (SSSR count). The molecular formula is C20H22F2N2O4S. The molecule has 0 aromatic heterocycles. The van der Waals surface area contributed by atoms with Crippen LogP contribution in [0.3, 0.4) is 0 Å². The van der Waals surface area contributed by atoms with Gasteiger partial charge in [0.05, 0.1) is 11.0 Å². The lowest BCUT2D eigenvalue weighted by molar-refractivity contribution is -0.114. The highest BCUT2D eigenvalue weighted by molar-refractivity contribution is 7.89. The van der Waals surface area contributed by atoms with Gasteiger partial charge in [-0.15, -0.1) is 0 Å². The highest BCUT2D eigenvalue weighted by atomic mass is 32.2. The van der Waals surface area contributed by atoms with E-state index in [1.807, 2.05) is 0 Å². The van der Waals surface area contributed by atoms with Gasteiger partial charge in [-0.05, 0) is 43.9 Å². The van der Waals surface area contributed by atoms with E-state index in [2.05, 4.69) is 10.0 Å². The number of rotatable bonds is 6. The molecule has 156 valence electrons. The summed E-state index contributed by atoms with van der Waals surface area (Å²) in [6.45, 7) is 1.35. The molecule has 0 aliphatic heterocycles. The number of benzene rings is 2. The minimum absolute atomic E-state index is 0.0670. The zero-order valence-electron chi connectivity index (χ0n) is 15.8. The smallest absolute Gasteiger partial charge is 0.240 e. The molecule has 0 spiro atoms. The third-order valence-corrected chi connectivity index (χ3v) is 6.12. The number of halogens is 2. The van der Waals surface area contributed by atoms with Gasteiger partial charge in [0.15, 0.2) is 0 Å². The van der Waals surface area contributed by atoms with Crippen LogP contribution in [0.2, 0.25) is 0 Å². The lowest BCUT2D eigenvalue weighted by Crippen LogP contribution is -2.39. The molecule has 9 heteroatoms. The van der Waals surface area contributed by atoms with Gasteiger partial charge in [-0.1, -0.05) is 6.07 Å². The first-order valence-electron chi connectivity index (χ1n) is 9.24. The molecule has 0 atom stereocenters. The van der Waals surface area contributed by atoms with E-state index in [1.165, 1.54) is 19.1 Å². The summed E-state index contributed by atoms with van der Waals surface area (Å²) in [6, 6.07) is 8.78. The second-order valence-corrected chi connectivity index (χ2v) is 8.74. The lowest BCUT2D eigenvalue weighted by Gasteiger charge is -2.29. The van der Waals surface area contributed by atoms with Crippen molar-refractivity contribution < 1.29 is 26.7 Å². The maximum absolute atomic E-state index is 13.3. The number of sulfonamides is 1. The SMILES string of the molecule is CC(=O)Nc1cccc(S(=O)(=O)NC2CCC(Oc3cc(F)cc(F)c3)CC2)c1. The van der Waals surface area contributed by atoms with Gasteiger partial charge in [-0.2, -0.15) is 0 Å². The molecular weight excluding hydrogens is 402 g/mol. The zero-order valence-corrected chi connectivity index (χ0v) is 16.6. The molecule has 0 heterocycles. The number of anilines is 1. The van der Waals surface area contributed by atoms with E-state index in [0.717, 1.165) is 18.2 Å². The first-order chi connectivity index (χ1) is 13.7. The standard InChI is InChI=1S/C20H22F2N2O4S/c1-13(25)23-17-3-2-4-20(12-17)29(26,27)24-16-5-7-18(8-6-16)28-19-10-14(21)9-15(22)11-19/h2-4,9-12,16,18,24H,5-8H2,1H3,(H,23,25). The van der Waals surface area contributed by atoms with Crippen molar-refractivity contribution in [2.24, 2.45) is 0 Å². The van der Waals surface area contributed by atoms with Gasteiger partial charge in [-0.25, -0.2) is 21.9 Å². The minimum atomic E-state index is -3.75. The Kier molecular flexibility index (Phi) is 6.49. The first-order valence-corrected chi connectivity index (χ1v) is 10.7. The fourth-order valence-electron chi connectivity index (χ4n) is 3.32. The summed E-state index contributed by atoms with van der Waals surface area (Å²) in [7, 11) is -3.75. The Morgan fingerprint density at radius 2 is 1.69 bits per heavy atom. The van der Waals surface area contributed by atoms with Crippen molar-refractivity contribution in [2.75, 3.05) is 5.32 Å². The Balaban J connectivity index is 1.57. The molecule has 1 amide bonds. The fraction of sp³-hybridized carbons (Fsp3) is 0.350. The van der Waals surface area contributed by atoms with Crippen molar-refractivity contribution in [3.8, 4) is 5.75 Å². The number of hydrogen-bond acceptors (Lipinski definition) is 4. The van der Waals surface area contributed by atoms with Gasteiger partial charge in [0.1, 0.15) is 17.4 Å². The van der Waals surface area contributed by atoms with E-state index in [-0.39, 0.29) is 28.7 Å². The molecule has 2 aromatic carbocycles. The molecule has 6 nitrogen and oxygen atoms in total. The molecule has 1 fully saturated rings. The van der Waals surface area contributed by atoms with Crippen LogP contribution >= 0.6 is 0 Å². The second-order valence-electron chi connectivity index (χ2n) is 7.03. The number of nitrogens with one attached hydrogen (secondary N) is 2. The number of carbonyl (C=O) groups is 1. The Labute approximate surface area is 168 Å². The van der Waals surface area contributed by atoms with Crippen LogP contribution in [0.1, 0.15) is 32.6 Å². The number of ether oxygens (including phenoxy) is 1. The van der Waals surface area contributed by atoms with Crippen molar-refractivity contribution in [1.29, 1.82) is 0 Å². The third-order valence-electron chi connectivity index (χ3n) is 4.60. The van der Waals surface area contributed by atoms with Crippen molar-refractivity contribution >= 4 is 21.6 Å². The number of carbonyl (C=O) groups excluding carboxylic acids is 1. The lowest BCUT2D eigenvalue weighted by atomic mass is 9.94. The topological polar surface area (TPSA) is 84.5 Å². The van der Waals surface area contributed by atoms with Crippen LogP contribution in [-0.4, -0.2) is 26.5 Å². The highest BCUT2D eigenvalue weighted by Gasteiger charge is 2.27. The summed E-state index contributed by atoms with van der Waals surface area (Å²) in [5.74, 6) is -1.57. The molecule has 29 heavy (non-hydrogen) atoms.